The van der Waals surface area contributed by atoms with Gasteiger partial charge in [0.2, 0.25) is 0 Å². The lowest BCUT2D eigenvalue weighted by atomic mass is 9.75. The molecular weight excluding hydrogens is 831 g/mol. The van der Waals surface area contributed by atoms with Crippen molar-refractivity contribution < 1.29 is 52.7 Å². The Labute approximate surface area is 384 Å². The molecular formula is C51H67N3O11. The maximum atomic E-state index is 13.5. The molecule has 0 bridgehead atoms. The van der Waals surface area contributed by atoms with Gasteiger partial charge in [-0.15, -0.1) is 0 Å². The number of hydrogen-bond donors (Lipinski definition) is 4. The molecule has 0 aliphatic carbocycles. The molecule has 0 aliphatic heterocycles. The van der Waals surface area contributed by atoms with Crippen LogP contribution in [0.25, 0.3) is 0 Å². The fourth-order valence-corrected chi connectivity index (χ4v) is 6.62. The molecule has 0 saturated heterocycles. The second-order valence-corrected chi connectivity index (χ2v) is 14.0. The molecule has 0 unspecified atom stereocenters. The van der Waals surface area contributed by atoms with E-state index in [0.717, 1.165) is 0 Å². The molecule has 14 nitrogen and oxygen atoms in total. The topological polar surface area (TPSA) is 180 Å². The predicted octanol–water partition coefficient (Wildman–Crippen LogP) is 8.94. The molecule has 0 aliphatic rings. The molecule has 3 aromatic carbocycles. The largest absolute Gasteiger partial charge is 0.490 e. The van der Waals surface area contributed by atoms with Crippen molar-refractivity contribution in [1.29, 1.82) is 0 Å². The summed E-state index contributed by atoms with van der Waals surface area (Å²) in [6, 6.07) is 15.0. The van der Waals surface area contributed by atoms with Crippen molar-refractivity contribution in [3.05, 3.63) is 135 Å². The number of amides is 3. The number of para-hydroxylation sites is 3. The molecule has 0 atom stereocenters. The zero-order valence-electron chi connectivity index (χ0n) is 38.3. The summed E-state index contributed by atoms with van der Waals surface area (Å²) in [6.07, 6.45) is 9.32. The number of carbonyl (C=O) groups is 4. The Morgan fingerprint density at radius 1 is 0.508 bits per heavy atom. The van der Waals surface area contributed by atoms with Crippen LogP contribution in [0.1, 0.15) is 90.4 Å². The third-order valence-electron chi connectivity index (χ3n) is 9.53. The van der Waals surface area contributed by atoms with Gasteiger partial charge in [0.15, 0.2) is 34.5 Å². The number of rotatable bonds is 33. The monoisotopic (exact) mass is 897 g/mol. The third kappa shape index (κ3) is 17.3. The molecule has 0 radical (unpaired) electrons. The molecule has 14 heteroatoms. The number of aliphatic carboxylic acids is 1. The number of carboxylic acids is 1. The lowest BCUT2D eigenvalue weighted by Crippen LogP contribution is -2.35. The Balaban J connectivity index is 0.00000715. The van der Waals surface area contributed by atoms with Gasteiger partial charge in [0, 0.05) is 19.6 Å². The van der Waals surface area contributed by atoms with Crippen LogP contribution in [-0.4, -0.2) is 88.1 Å². The molecule has 0 saturated carbocycles. The van der Waals surface area contributed by atoms with Crippen LogP contribution in [0.4, 0.5) is 0 Å². The number of benzene rings is 3. The Bertz CT molecular complexity index is 1940. The van der Waals surface area contributed by atoms with Crippen molar-refractivity contribution in [2.24, 2.45) is 5.41 Å². The highest BCUT2D eigenvalue weighted by molar-refractivity contribution is 5.99. The van der Waals surface area contributed by atoms with E-state index >= 15 is 0 Å². The van der Waals surface area contributed by atoms with E-state index in [2.05, 4.69) is 48.8 Å². The second kappa shape index (κ2) is 31.0. The predicted molar refractivity (Wildman–Crippen MR) is 255 cm³/mol. The number of carbonyl (C=O) groups excluding carboxylic acids is 3. The van der Waals surface area contributed by atoms with Crippen LogP contribution in [-0.2, 0) is 4.79 Å². The lowest BCUT2D eigenvalue weighted by molar-refractivity contribution is -0.150. The van der Waals surface area contributed by atoms with Gasteiger partial charge in [0.05, 0.1) is 28.7 Å². The van der Waals surface area contributed by atoms with E-state index in [0.29, 0.717) is 43.1 Å². The van der Waals surface area contributed by atoms with Gasteiger partial charge >= 0.3 is 5.97 Å². The third-order valence-corrected chi connectivity index (χ3v) is 9.53. The Kier molecular flexibility index (Phi) is 25.8. The maximum Gasteiger partial charge on any atom is 0.309 e. The summed E-state index contributed by atoms with van der Waals surface area (Å²) < 4.78 is 34.5. The molecule has 4 N–H and O–H groups in total. The zero-order valence-corrected chi connectivity index (χ0v) is 38.3. The summed E-state index contributed by atoms with van der Waals surface area (Å²) in [4.78, 5) is 53.6. The normalized spacial score (nSPS) is 10.4. The average molecular weight is 898 g/mol. The number of hydrogen-bond acceptors (Lipinski definition) is 10. The molecule has 0 spiro atoms. The van der Waals surface area contributed by atoms with Crippen molar-refractivity contribution in [2.45, 2.75) is 59.3 Å². The smallest absolute Gasteiger partial charge is 0.309 e. The van der Waals surface area contributed by atoms with E-state index in [1.165, 1.54) is 0 Å². The first-order valence-corrected chi connectivity index (χ1v) is 21.9. The Hall–Kier alpha value is -6.96. The van der Waals surface area contributed by atoms with E-state index < -0.39 is 29.1 Å². The highest BCUT2D eigenvalue weighted by atomic mass is 16.5. The lowest BCUT2D eigenvalue weighted by Gasteiger charge is -2.30. The molecule has 0 fully saturated rings. The van der Waals surface area contributed by atoms with Crippen LogP contribution in [0.3, 0.4) is 0 Å². The minimum atomic E-state index is -1.28. The summed E-state index contributed by atoms with van der Waals surface area (Å²) in [5.41, 5.74) is -0.517. The van der Waals surface area contributed by atoms with E-state index in [1.54, 1.807) is 85.0 Å². The summed E-state index contributed by atoms with van der Waals surface area (Å²) in [7, 11) is 0. The van der Waals surface area contributed by atoms with Crippen LogP contribution in [0.5, 0.6) is 34.5 Å². The molecule has 3 rings (SSSR count). The zero-order chi connectivity index (χ0) is 47.9. The van der Waals surface area contributed by atoms with Gasteiger partial charge in [-0.1, -0.05) is 95.3 Å². The number of ether oxygens (including phenoxy) is 6. The first-order chi connectivity index (χ1) is 31.6. The van der Waals surface area contributed by atoms with Crippen LogP contribution in [0.2, 0.25) is 0 Å². The van der Waals surface area contributed by atoms with Crippen LogP contribution in [0, 0.1) is 5.41 Å². The van der Waals surface area contributed by atoms with Gasteiger partial charge in [-0.25, -0.2) is 0 Å². The molecule has 0 heterocycles. The molecule has 65 heavy (non-hydrogen) atoms. The second-order valence-electron chi connectivity index (χ2n) is 14.0. The highest BCUT2D eigenvalue weighted by Gasteiger charge is 2.37. The average Bonchev–Trinajstić information content (AvgIpc) is 3.32. The van der Waals surface area contributed by atoms with Gasteiger partial charge < -0.3 is 49.5 Å². The van der Waals surface area contributed by atoms with E-state index in [-0.39, 0.29) is 106 Å². The van der Waals surface area contributed by atoms with Gasteiger partial charge in [0.1, 0.15) is 33.0 Å². The van der Waals surface area contributed by atoms with Crippen molar-refractivity contribution in [3.8, 4) is 34.5 Å². The van der Waals surface area contributed by atoms with Gasteiger partial charge in [0.25, 0.3) is 17.7 Å². The molecule has 0 aromatic heterocycles. The van der Waals surface area contributed by atoms with E-state index in [1.807, 2.05) is 20.8 Å². The minimum Gasteiger partial charge on any atom is -0.490 e. The summed E-state index contributed by atoms with van der Waals surface area (Å²) in [5, 5.41) is 19.5. The Morgan fingerprint density at radius 2 is 0.800 bits per heavy atom. The highest BCUT2D eigenvalue weighted by Crippen LogP contribution is 2.37. The van der Waals surface area contributed by atoms with Crippen LogP contribution >= 0.6 is 0 Å². The molecule has 3 aromatic rings. The van der Waals surface area contributed by atoms with Crippen molar-refractivity contribution >= 4 is 23.7 Å². The molecule has 352 valence electrons. The quantitative estimate of drug-likeness (QED) is 0.0339. The van der Waals surface area contributed by atoms with Crippen molar-refractivity contribution in [3.63, 3.8) is 0 Å². The summed E-state index contributed by atoms with van der Waals surface area (Å²) >= 11 is 0. The van der Waals surface area contributed by atoms with Crippen molar-refractivity contribution in [2.75, 3.05) is 59.3 Å². The van der Waals surface area contributed by atoms with Crippen molar-refractivity contribution in [1.82, 2.24) is 16.0 Å². The first kappa shape index (κ1) is 54.2. The fourth-order valence-electron chi connectivity index (χ4n) is 6.62. The van der Waals surface area contributed by atoms with Gasteiger partial charge in [-0.3, -0.25) is 19.2 Å². The standard InChI is InChI=1S/C49H61N3O11.C2H6/c1-7-31-59-40-23-14-20-37(43(40)62-34-10-4)46(54)51-29-17-26-49(48(56)57,25-16-28-50-45(53)36-19-13-22-39(58-12-6)42(36)61-33-9-3)27-18-30-52-47(55)38-21-15-24-41(60-32-8-2)44(38)63-35-11-5;1-2/h7-11,13-15,19-24H,1-5,12,16-18,25-35H2,6H3,(H,50,53)(H,51,54)(H,52,55)(H,56,57);1-2H3. The SMILES string of the molecule is C=CCOc1cccc(C(=O)NCCCC(CCCNC(=O)c2cccc(OCC)c2OCC=C)(CCCNC(=O)c2cccc(OCC=C)c2OCC=C)C(=O)O)c1OCC=C.CC. The number of nitrogens with one attached hydrogen (secondary N) is 3. The van der Waals surface area contributed by atoms with Crippen LogP contribution < -0.4 is 44.4 Å². The molecule has 3 amide bonds. The fraction of sp³-hybridized carbons (Fsp3) is 0.373. The Morgan fingerprint density at radius 3 is 1.08 bits per heavy atom. The van der Waals surface area contributed by atoms with E-state index in [4.69, 9.17) is 28.4 Å². The summed E-state index contributed by atoms with van der Waals surface area (Å²) in [5.74, 6) is -0.362. The minimum absolute atomic E-state index is 0.140. The van der Waals surface area contributed by atoms with Gasteiger partial charge in [-0.2, -0.15) is 0 Å². The van der Waals surface area contributed by atoms with Gasteiger partial charge in [-0.05, 0) is 81.8 Å². The first-order valence-electron chi connectivity index (χ1n) is 21.9. The maximum absolute atomic E-state index is 13.5. The van der Waals surface area contributed by atoms with Crippen LogP contribution in [0.15, 0.2) is 118 Å². The van der Waals surface area contributed by atoms with E-state index in [9.17, 15) is 24.3 Å². The number of carboxylic acid groups (broad SMARTS) is 1. The summed E-state index contributed by atoms with van der Waals surface area (Å²) in [6.45, 7) is 25.9.